The first kappa shape index (κ1) is 24.1. The number of amides is 1. The molecule has 0 spiro atoms. The average molecular weight is 467 g/mol. The van der Waals surface area contributed by atoms with Gasteiger partial charge >= 0.3 is 0 Å². The molecule has 0 bridgehead atoms. The Kier molecular flexibility index (Phi) is 7.51. The molecular formula is C23H28F2N2O4S. The van der Waals surface area contributed by atoms with Gasteiger partial charge in [-0.15, -0.1) is 0 Å². The van der Waals surface area contributed by atoms with E-state index in [9.17, 15) is 22.0 Å². The molecule has 1 fully saturated rings. The summed E-state index contributed by atoms with van der Waals surface area (Å²) in [6.45, 7) is 4.15. The molecule has 2 aromatic carbocycles. The quantitative estimate of drug-likeness (QED) is 0.672. The lowest BCUT2D eigenvalue weighted by molar-refractivity contribution is -0.127. The van der Waals surface area contributed by atoms with Crippen LogP contribution in [0.5, 0.6) is 5.75 Å². The highest BCUT2D eigenvalue weighted by Crippen LogP contribution is 2.28. The van der Waals surface area contributed by atoms with Gasteiger partial charge in [-0.25, -0.2) is 17.2 Å². The van der Waals surface area contributed by atoms with Crippen molar-refractivity contribution in [2.45, 2.75) is 37.6 Å². The number of sulfonamides is 1. The summed E-state index contributed by atoms with van der Waals surface area (Å²) in [6, 6.07) is 9.66. The van der Waals surface area contributed by atoms with Crippen LogP contribution in [0.25, 0.3) is 0 Å². The second-order valence-corrected chi connectivity index (χ2v) is 10.2. The zero-order valence-electron chi connectivity index (χ0n) is 18.3. The fourth-order valence-electron chi connectivity index (χ4n) is 3.89. The molecule has 32 heavy (non-hydrogen) atoms. The Morgan fingerprint density at radius 1 is 1.09 bits per heavy atom. The van der Waals surface area contributed by atoms with Crippen LogP contribution in [0.15, 0.2) is 47.4 Å². The van der Waals surface area contributed by atoms with Crippen molar-refractivity contribution in [2.24, 2.45) is 11.8 Å². The van der Waals surface area contributed by atoms with Crippen molar-refractivity contribution in [1.29, 1.82) is 0 Å². The summed E-state index contributed by atoms with van der Waals surface area (Å²) < 4.78 is 59.3. The molecule has 6 nitrogen and oxygen atoms in total. The second-order valence-electron chi connectivity index (χ2n) is 8.26. The molecule has 1 amide bonds. The lowest BCUT2D eigenvalue weighted by Gasteiger charge is -2.32. The Hall–Kier alpha value is -2.52. The normalized spacial score (nSPS) is 16.7. The molecule has 1 N–H and O–H groups in total. The molecule has 0 radical (unpaired) electrons. The summed E-state index contributed by atoms with van der Waals surface area (Å²) in [5.41, 5.74) is 0.954. The highest BCUT2D eigenvalue weighted by Gasteiger charge is 2.34. The second kappa shape index (κ2) is 9.95. The molecule has 9 heteroatoms. The van der Waals surface area contributed by atoms with Crippen molar-refractivity contribution >= 4 is 15.9 Å². The zero-order valence-corrected chi connectivity index (χ0v) is 19.2. The number of carbonyl (C=O) groups excluding carboxylic acids is 1. The molecule has 0 aromatic heterocycles. The number of nitrogens with zero attached hydrogens (tertiary/aromatic N) is 1. The molecule has 1 unspecified atom stereocenters. The molecule has 0 aliphatic carbocycles. The number of carbonyl (C=O) groups is 1. The molecule has 1 aliphatic heterocycles. The van der Waals surface area contributed by atoms with Gasteiger partial charge in [-0.2, -0.15) is 4.31 Å². The van der Waals surface area contributed by atoms with E-state index in [1.54, 1.807) is 7.11 Å². The number of piperidine rings is 1. The van der Waals surface area contributed by atoms with Crippen molar-refractivity contribution in [3.05, 3.63) is 59.7 Å². The Labute approximate surface area is 187 Å². The van der Waals surface area contributed by atoms with Crippen LogP contribution in [0.4, 0.5) is 8.78 Å². The minimum Gasteiger partial charge on any atom is -0.497 e. The molecule has 1 aliphatic rings. The topological polar surface area (TPSA) is 75.7 Å². The highest BCUT2D eigenvalue weighted by molar-refractivity contribution is 7.89. The van der Waals surface area contributed by atoms with Gasteiger partial charge in [-0.3, -0.25) is 4.79 Å². The predicted molar refractivity (Wildman–Crippen MR) is 117 cm³/mol. The van der Waals surface area contributed by atoms with Crippen LogP contribution in [0.2, 0.25) is 0 Å². The maximum Gasteiger partial charge on any atom is 0.246 e. The van der Waals surface area contributed by atoms with Gasteiger partial charge < -0.3 is 10.1 Å². The van der Waals surface area contributed by atoms with Gasteiger partial charge in [0.05, 0.1) is 13.2 Å². The number of ether oxygens (including phenoxy) is 1. The number of halogens is 2. The van der Waals surface area contributed by atoms with Gasteiger partial charge in [0.15, 0.2) is 0 Å². The molecule has 1 saturated heterocycles. The van der Waals surface area contributed by atoms with Crippen LogP contribution in [0.3, 0.4) is 0 Å². The van der Waals surface area contributed by atoms with Crippen LogP contribution < -0.4 is 10.1 Å². The molecule has 1 atom stereocenters. The predicted octanol–water partition coefficient (Wildman–Crippen LogP) is 3.89. The van der Waals surface area contributed by atoms with E-state index in [-0.39, 0.29) is 36.9 Å². The van der Waals surface area contributed by atoms with E-state index < -0.39 is 26.6 Å². The minimum atomic E-state index is -4.18. The Morgan fingerprint density at radius 3 is 2.28 bits per heavy atom. The summed E-state index contributed by atoms with van der Waals surface area (Å²) in [7, 11) is -2.59. The fraction of sp³-hybridized carbons (Fsp3) is 0.435. The summed E-state index contributed by atoms with van der Waals surface area (Å²) >= 11 is 0. The summed E-state index contributed by atoms with van der Waals surface area (Å²) in [5, 5.41) is 3.08. The van der Waals surface area contributed by atoms with Gasteiger partial charge in [-0.05, 0) is 54.7 Å². The maximum atomic E-state index is 14.0. The smallest absolute Gasteiger partial charge is 0.246 e. The Bertz CT molecular complexity index is 1050. The van der Waals surface area contributed by atoms with Gasteiger partial charge in [-0.1, -0.05) is 26.0 Å². The lowest BCUT2D eigenvalue weighted by atomic mass is 9.92. The van der Waals surface area contributed by atoms with Gasteiger partial charge in [0.25, 0.3) is 0 Å². The van der Waals surface area contributed by atoms with Crippen molar-refractivity contribution in [3.8, 4) is 5.75 Å². The van der Waals surface area contributed by atoms with Crippen LogP contribution in [-0.2, 0) is 14.8 Å². The van der Waals surface area contributed by atoms with E-state index in [1.165, 1.54) is 0 Å². The third-order valence-corrected chi connectivity index (χ3v) is 7.69. The van der Waals surface area contributed by atoms with Crippen molar-refractivity contribution in [2.75, 3.05) is 20.2 Å². The molecular weight excluding hydrogens is 438 g/mol. The van der Waals surface area contributed by atoms with E-state index >= 15 is 0 Å². The molecule has 0 saturated carbocycles. The molecule has 2 aromatic rings. The first-order chi connectivity index (χ1) is 15.1. The molecule has 1 heterocycles. The van der Waals surface area contributed by atoms with Crippen molar-refractivity contribution < 1.29 is 26.7 Å². The summed E-state index contributed by atoms with van der Waals surface area (Å²) in [4.78, 5) is 12.2. The van der Waals surface area contributed by atoms with E-state index in [0.29, 0.717) is 18.9 Å². The van der Waals surface area contributed by atoms with E-state index in [1.807, 2.05) is 38.1 Å². The third kappa shape index (κ3) is 5.27. The molecule has 174 valence electrons. The van der Waals surface area contributed by atoms with Crippen LogP contribution >= 0.6 is 0 Å². The number of rotatable bonds is 7. The first-order valence-corrected chi connectivity index (χ1v) is 12.0. The summed E-state index contributed by atoms with van der Waals surface area (Å²) in [6.07, 6.45) is 0.602. The van der Waals surface area contributed by atoms with Crippen molar-refractivity contribution in [1.82, 2.24) is 9.62 Å². The SMILES string of the molecule is COc1ccc(C(NC(=O)C2CCN(S(=O)(=O)c3cc(F)ccc3F)CC2)C(C)C)cc1. The standard InChI is InChI=1S/C23H28F2N2O4S/c1-15(2)22(16-4-7-19(31-3)8-5-16)26-23(28)17-10-12-27(13-11-17)32(29,30)21-14-18(24)6-9-20(21)25/h4-9,14-15,17,22H,10-13H2,1-3H3,(H,26,28). The number of nitrogens with one attached hydrogen (secondary N) is 1. The largest absolute Gasteiger partial charge is 0.497 e. The zero-order chi connectivity index (χ0) is 23.5. The third-order valence-electron chi connectivity index (χ3n) is 5.78. The van der Waals surface area contributed by atoms with E-state index in [2.05, 4.69) is 5.32 Å². The first-order valence-electron chi connectivity index (χ1n) is 10.5. The Morgan fingerprint density at radius 2 is 1.72 bits per heavy atom. The maximum absolute atomic E-state index is 14.0. The number of methoxy groups -OCH3 is 1. The van der Waals surface area contributed by atoms with Gasteiger partial charge in [0.2, 0.25) is 15.9 Å². The van der Waals surface area contributed by atoms with E-state index in [4.69, 9.17) is 4.74 Å². The lowest BCUT2D eigenvalue weighted by Crippen LogP contribution is -2.44. The number of benzene rings is 2. The number of hydrogen-bond donors (Lipinski definition) is 1. The van der Waals surface area contributed by atoms with E-state index in [0.717, 1.165) is 27.8 Å². The van der Waals surface area contributed by atoms with Crippen LogP contribution in [0, 0.1) is 23.5 Å². The molecule has 3 rings (SSSR count). The monoisotopic (exact) mass is 466 g/mol. The van der Waals surface area contributed by atoms with Crippen LogP contribution in [-0.4, -0.2) is 38.8 Å². The Balaban J connectivity index is 1.66. The average Bonchev–Trinajstić information content (AvgIpc) is 2.78. The highest BCUT2D eigenvalue weighted by atomic mass is 32.2. The van der Waals surface area contributed by atoms with Gasteiger partial charge in [0.1, 0.15) is 22.3 Å². The summed E-state index contributed by atoms with van der Waals surface area (Å²) in [5.74, 6) is -1.45. The fourth-order valence-corrected chi connectivity index (χ4v) is 5.44. The van der Waals surface area contributed by atoms with Gasteiger partial charge in [0, 0.05) is 19.0 Å². The minimum absolute atomic E-state index is 0.0608. The number of hydrogen-bond acceptors (Lipinski definition) is 4. The van der Waals surface area contributed by atoms with Crippen molar-refractivity contribution in [3.63, 3.8) is 0 Å². The van der Waals surface area contributed by atoms with Crippen LogP contribution in [0.1, 0.15) is 38.3 Å².